The first-order chi connectivity index (χ1) is 15.0. The van der Waals surface area contributed by atoms with E-state index in [0.29, 0.717) is 37.9 Å². The summed E-state index contributed by atoms with van der Waals surface area (Å²) in [5.41, 5.74) is 7.33. The van der Waals surface area contributed by atoms with Crippen LogP contribution in [0.3, 0.4) is 0 Å². The monoisotopic (exact) mass is 517 g/mol. The Morgan fingerprint density at radius 2 is 1.97 bits per heavy atom. The Labute approximate surface area is 199 Å². The number of nitrogens with one attached hydrogen (secondary N) is 1. The molecule has 0 fully saturated rings. The van der Waals surface area contributed by atoms with Gasteiger partial charge in [0.2, 0.25) is 0 Å². The molecule has 13 heteroatoms. The molecule has 0 saturated heterocycles. The summed E-state index contributed by atoms with van der Waals surface area (Å²) < 4.78 is 16.6. The molecule has 2 atom stereocenters. The van der Waals surface area contributed by atoms with Crippen LogP contribution in [0, 0.1) is 5.92 Å². The van der Waals surface area contributed by atoms with E-state index in [1.807, 2.05) is 45.0 Å². The standard InChI is InChI=1S/C19H25ClN5O4PS2/c1-10(2)8-12(9-29-30(26,27)28)22-16-15-17(23-18(21)32-15)25-19(24-16)31-11(3)13-6-4-5-7-14(13)20/h4-7,10-12H,8-9H2,1-3H3,(H2,26,27,28)(H3,21,22,23,24,25). The molecule has 0 bridgehead atoms. The molecule has 0 aliphatic carbocycles. The molecule has 32 heavy (non-hydrogen) atoms. The Morgan fingerprint density at radius 3 is 2.62 bits per heavy atom. The summed E-state index contributed by atoms with van der Waals surface area (Å²) in [5.74, 6) is 0.754. The zero-order chi connectivity index (χ0) is 23.5. The molecular formula is C19H25ClN5O4PS2. The van der Waals surface area contributed by atoms with Crippen molar-refractivity contribution in [3.05, 3.63) is 34.9 Å². The third kappa shape index (κ3) is 7.02. The van der Waals surface area contributed by atoms with Crippen molar-refractivity contribution in [1.29, 1.82) is 0 Å². The van der Waals surface area contributed by atoms with Crippen molar-refractivity contribution in [1.82, 2.24) is 15.0 Å². The summed E-state index contributed by atoms with van der Waals surface area (Å²) in [6.45, 7) is 5.86. The number of fused-ring (bicyclic) bond motifs is 1. The zero-order valence-corrected chi connectivity index (χ0v) is 21.0. The number of hydrogen-bond donors (Lipinski definition) is 4. The van der Waals surface area contributed by atoms with Crippen molar-refractivity contribution in [2.45, 2.75) is 43.6 Å². The quantitative estimate of drug-likeness (QED) is 0.162. The van der Waals surface area contributed by atoms with Crippen LogP contribution in [0.15, 0.2) is 29.4 Å². The van der Waals surface area contributed by atoms with Gasteiger partial charge >= 0.3 is 7.82 Å². The van der Waals surface area contributed by atoms with Crippen molar-refractivity contribution < 1.29 is 18.9 Å². The van der Waals surface area contributed by atoms with Crippen LogP contribution in [-0.4, -0.2) is 37.4 Å². The van der Waals surface area contributed by atoms with Crippen LogP contribution in [0.25, 0.3) is 10.3 Å². The number of anilines is 2. The number of thiazole rings is 1. The van der Waals surface area contributed by atoms with Crippen molar-refractivity contribution in [3.63, 3.8) is 0 Å². The lowest BCUT2D eigenvalue weighted by molar-refractivity contribution is 0.184. The summed E-state index contributed by atoms with van der Waals surface area (Å²) in [6, 6.07) is 7.21. The van der Waals surface area contributed by atoms with Gasteiger partial charge in [0.25, 0.3) is 0 Å². The Kier molecular flexibility index (Phi) is 8.37. The van der Waals surface area contributed by atoms with Crippen LogP contribution in [-0.2, 0) is 9.09 Å². The lowest BCUT2D eigenvalue weighted by Gasteiger charge is -2.22. The van der Waals surface area contributed by atoms with Gasteiger partial charge < -0.3 is 20.8 Å². The molecule has 0 radical (unpaired) electrons. The second-order valence-corrected chi connectivity index (χ2v) is 11.6. The number of nitrogens with zero attached hydrogens (tertiary/aromatic N) is 3. The van der Waals surface area contributed by atoms with Crippen LogP contribution in [0.4, 0.5) is 10.9 Å². The van der Waals surface area contributed by atoms with Crippen LogP contribution >= 0.6 is 42.5 Å². The van der Waals surface area contributed by atoms with Gasteiger partial charge in [0.05, 0.1) is 12.6 Å². The number of halogens is 1. The van der Waals surface area contributed by atoms with E-state index in [9.17, 15) is 4.57 Å². The van der Waals surface area contributed by atoms with E-state index in [0.717, 1.165) is 5.56 Å². The predicted octanol–water partition coefficient (Wildman–Crippen LogP) is 5.11. The number of phosphoric acid groups is 1. The molecule has 3 rings (SSSR count). The molecule has 0 saturated carbocycles. The number of benzene rings is 1. The Morgan fingerprint density at radius 1 is 1.25 bits per heavy atom. The number of nitrogen functional groups attached to an aromatic ring is 1. The maximum absolute atomic E-state index is 11.2. The van der Waals surface area contributed by atoms with E-state index >= 15 is 0 Å². The molecule has 2 heterocycles. The van der Waals surface area contributed by atoms with E-state index in [4.69, 9.17) is 31.6 Å². The van der Waals surface area contributed by atoms with Gasteiger partial charge in [0, 0.05) is 10.3 Å². The SMILES string of the molecule is CC(C)CC(COP(=O)(O)O)Nc1nc(SC(C)c2ccccc2Cl)nc2nc(N)sc12. The second-order valence-electron chi connectivity index (χ2n) is 7.60. The number of phosphoric ester groups is 1. The average molecular weight is 518 g/mol. The van der Waals surface area contributed by atoms with Gasteiger partial charge in [-0.05, 0) is 30.9 Å². The first-order valence-electron chi connectivity index (χ1n) is 9.83. The van der Waals surface area contributed by atoms with E-state index in [1.165, 1.54) is 23.1 Å². The Balaban J connectivity index is 1.91. The minimum Gasteiger partial charge on any atom is -0.375 e. The lowest BCUT2D eigenvalue weighted by Crippen LogP contribution is -2.27. The maximum atomic E-state index is 11.2. The van der Waals surface area contributed by atoms with Gasteiger partial charge in [0.1, 0.15) is 4.70 Å². The van der Waals surface area contributed by atoms with Gasteiger partial charge in [-0.1, -0.05) is 66.7 Å². The first-order valence-corrected chi connectivity index (χ1v) is 13.4. The largest absolute Gasteiger partial charge is 0.469 e. The Hall–Kier alpha value is -1.46. The topological polar surface area (TPSA) is 143 Å². The number of hydrogen-bond acceptors (Lipinski definition) is 9. The number of thioether (sulfide) groups is 1. The molecule has 2 unspecified atom stereocenters. The highest BCUT2D eigenvalue weighted by atomic mass is 35.5. The molecule has 9 nitrogen and oxygen atoms in total. The van der Waals surface area contributed by atoms with Crippen molar-refractivity contribution in [2.75, 3.05) is 17.7 Å². The van der Waals surface area contributed by atoms with Crippen molar-refractivity contribution in [3.8, 4) is 0 Å². The summed E-state index contributed by atoms with van der Waals surface area (Å²) in [4.78, 5) is 31.7. The molecule has 174 valence electrons. The number of nitrogens with two attached hydrogens (primary N) is 1. The third-order valence-electron chi connectivity index (χ3n) is 4.42. The molecule has 0 spiro atoms. The van der Waals surface area contributed by atoms with Crippen LogP contribution in [0.1, 0.15) is 38.0 Å². The highest BCUT2D eigenvalue weighted by Gasteiger charge is 2.22. The van der Waals surface area contributed by atoms with Crippen LogP contribution in [0.5, 0.6) is 0 Å². The molecule has 0 aliphatic heterocycles. The summed E-state index contributed by atoms with van der Waals surface area (Å²) in [6.07, 6.45) is 0.609. The molecule has 0 amide bonds. The summed E-state index contributed by atoms with van der Waals surface area (Å²) in [7, 11) is -4.60. The van der Waals surface area contributed by atoms with Crippen LogP contribution < -0.4 is 11.1 Å². The fourth-order valence-electron chi connectivity index (χ4n) is 3.12. The second kappa shape index (κ2) is 10.6. The van der Waals surface area contributed by atoms with Gasteiger partial charge in [0.15, 0.2) is 21.8 Å². The molecule has 5 N–H and O–H groups in total. The lowest BCUT2D eigenvalue weighted by atomic mass is 10.0. The van der Waals surface area contributed by atoms with E-state index < -0.39 is 7.82 Å². The molecule has 2 aromatic heterocycles. The summed E-state index contributed by atoms with van der Waals surface area (Å²) >= 11 is 9.01. The molecular weight excluding hydrogens is 493 g/mol. The molecule has 1 aromatic carbocycles. The maximum Gasteiger partial charge on any atom is 0.469 e. The van der Waals surface area contributed by atoms with E-state index in [2.05, 4.69) is 20.3 Å². The normalized spacial score (nSPS) is 14.1. The molecule has 0 aliphatic rings. The highest BCUT2D eigenvalue weighted by Crippen LogP contribution is 2.39. The van der Waals surface area contributed by atoms with Crippen molar-refractivity contribution in [2.24, 2.45) is 5.92 Å². The minimum absolute atomic E-state index is 0.0190. The average Bonchev–Trinajstić information content (AvgIpc) is 3.06. The zero-order valence-electron chi connectivity index (χ0n) is 17.7. The predicted molar refractivity (Wildman–Crippen MR) is 130 cm³/mol. The highest BCUT2D eigenvalue weighted by molar-refractivity contribution is 7.99. The first kappa shape index (κ1) is 25.2. The van der Waals surface area contributed by atoms with E-state index in [-0.39, 0.29) is 23.8 Å². The van der Waals surface area contributed by atoms with Gasteiger partial charge in [-0.2, -0.15) is 0 Å². The van der Waals surface area contributed by atoms with E-state index in [1.54, 1.807) is 0 Å². The number of aromatic nitrogens is 3. The Bertz CT molecular complexity index is 1130. The van der Waals surface area contributed by atoms with Crippen LogP contribution in [0.2, 0.25) is 5.02 Å². The third-order valence-corrected chi connectivity index (χ3v) is 7.13. The smallest absolute Gasteiger partial charge is 0.375 e. The van der Waals surface area contributed by atoms with Gasteiger partial charge in [-0.15, -0.1) is 0 Å². The van der Waals surface area contributed by atoms with Gasteiger partial charge in [-0.25, -0.2) is 19.5 Å². The minimum atomic E-state index is -4.60. The summed E-state index contributed by atoms with van der Waals surface area (Å²) in [5, 5.41) is 4.74. The van der Waals surface area contributed by atoms with Crippen molar-refractivity contribution >= 4 is 63.8 Å². The number of rotatable bonds is 10. The fraction of sp³-hybridized carbons (Fsp3) is 0.421. The molecule has 3 aromatic rings. The fourth-order valence-corrected chi connectivity index (χ4v) is 5.51. The van der Waals surface area contributed by atoms with Gasteiger partial charge in [-0.3, -0.25) is 4.52 Å².